The minimum Gasteiger partial charge on any atom is -0.493 e. The molecule has 0 bridgehead atoms. The Kier molecular flexibility index (Phi) is 1.47. The van der Waals surface area contributed by atoms with Crippen molar-refractivity contribution in [2.24, 2.45) is 0 Å². The Labute approximate surface area is 63.9 Å². The molecular weight excluding hydrogens is 144 g/mol. The highest BCUT2D eigenvalue weighted by molar-refractivity contribution is 5.08. The van der Waals surface area contributed by atoms with Gasteiger partial charge in [0.2, 0.25) is 5.88 Å². The molecule has 1 unspecified atom stereocenters. The molecule has 1 atom stereocenters. The highest BCUT2D eigenvalue weighted by Crippen LogP contribution is 2.26. The molecule has 1 aromatic rings. The fraction of sp³-hybridized carbons (Fsp3) is 0.429. The lowest BCUT2D eigenvalue weighted by Gasteiger charge is -2.24. The van der Waals surface area contributed by atoms with Crippen molar-refractivity contribution in [2.45, 2.75) is 12.5 Å². The van der Waals surface area contributed by atoms with Gasteiger partial charge in [-0.05, 0) is 0 Å². The second kappa shape index (κ2) is 2.47. The average Bonchev–Trinajstić information content (AvgIpc) is 1.83. The molecule has 1 aromatic heterocycles. The summed E-state index contributed by atoms with van der Waals surface area (Å²) in [5.74, 6) is 0.585. The molecule has 1 aliphatic rings. The van der Waals surface area contributed by atoms with Gasteiger partial charge in [0.25, 0.3) is 0 Å². The van der Waals surface area contributed by atoms with E-state index in [1.54, 1.807) is 0 Å². The third-order valence-corrected chi connectivity index (χ3v) is 1.65. The second-order valence-electron chi connectivity index (χ2n) is 2.42. The molecule has 0 amide bonds. The predicted octanol–water partition coefficient (Wildman–Crippen LogP) is 0.644. The Hall–Kier alpha value is -1.16. The molecule has 0 radical (unpaired) electrons. The molecule has 2 rings (SSSR count). The highest BCUT2D eigenvalue weighted by atomic mass is 16.5. The van der Waals surface area contributed by atoms with Crippen LogP contribution in [-0.4, -0.2) is 21.7 Å². The summed E-state index contributed by atoms with van der Waals surface area (Å²) in [6.45, 7) is 0.768. The van der Waals surface area contributed by atoms with Crippen LogP contribution in [0.5, 0.6) is 5.88 Å². The summed E-state index contributed by atoms with van der Waals surface area (Å²) in [5, 5.41) is 8.97. The zero-order valence-corrected chi connectivity index (χ0v) is 5.90. The van der Waals surface area contributed by atoms with Crippen LogP contribution in [0, 0.1) is 0 Å². The second-order valence-corrected chi connectivity index (χ2v) is 2.42. The third kappa shape index (κ3) is 1.17. The fourth-order valence-corrected chi connectivity index (χ4v) is 0.958. The zero-order chi connectivity index (χ0) is 7.68. The van der Waals surface area contributed by atoms with Gasteiger partial charge in [0.15, 0.2) is 5.82 Å². The summed E-state index contributed by atoms with van der Waals surface area (Å²) in [5.41, 5.74) is 0. The molecule has 1 aliphatic heterocycles. The van der Waals surface area contributed by atoms with E-state index in [0.29, 0.717) is 5.82 Å². The maximum atomic E-state index is 8.97. The van der Waals surface area contributed by atoms with E-state index in [4.69, 9.17) is 9.84 Å². The van der Waals surface area contributed by atoms with Gasteiger partial charge in [0.1, 0.15) is 6.10 Å². The van der Waals surface area contributed by atoms with E-state index >= 15 is 0 Å². The van der Waals surface area contributed by atoms with Gasteiger partial charge >= 0.3 is 0 Å². The number of hydrogen-bond acceptors (Lipinski definition) is 4. The molecule has 0 spiro atoms. The quantitative estimate of drug-likeness (QED) is 0.641. The molecule has 4 heteroatoms. The standard InChI is InChI=1S/C7H8N2O2/c10-6-1-3-8-7(9-6)5-2-4-11-5/h1,3,5H,2,4H2,(H,8,9,10). The van der Waals surface area contributed by atoms with E-state index in [2.05, 4.69) is 9.97 Å². The minimum atomic E-state index is 0.00194. The van der Waals surface area contributed by atoms with Crippen molar-refractivity contribution in [1.29, 1.82) is 0 Å². The number of nitrogens with zero attached hydrogens (tertiary/aromatic N) is 2. The minimum absolute atomic E-state index is 0.00194. The normalized spacial score (nSPS) is 22.7. The number of hydrogen-bond donors (Lipinski definition) is 1. The van der Waals surface area contributed by atoms with Crippen molar-refractivity contribution in [1.82, 2.24) is 9.97 Å². The van der Waals surface area contributed by atoms with E-state index in [1.165, 1.54) is 12.3 Å². The summed E-state index contributed by atoms with van der Waals surface area (Å²) < 4.78 is 5.14. The van der Waals surface area contributed by atoms with Crippen LogP contribution in [0.1, 0.15) is 18.3 Å². The van der Waals surface area contributed by atoms with E-state index in [-0.39, 0.29) is 12.0 Å². The van der Waals surface area contributed by atoms with Crippen molar-refractivity contribution < 1.29 is 9.84 Å². The molecule has 1 fully saturated rings. The van der Waals surface area contributed by atoms with Crippen molar-refractivity contribution in [3.63, 3.8) is 0 Å². The summed E-state index contributed by atoms with van der Waals surface area (Å²) in [4.78, 5) is 7.78. The Balaban J connectivity index is 2.23. The van der Waals surface area contributed by atoms with Crippen molar-refractivity contribution in [3.05, 3.63) is 18.1 Å². The van der Waals surface area contributed by atoms with E-state index in [0.717, 1.165) is 13.0 Å². The SMILES string of the molecule is Oc1ccnc(C2CCO2)n1. The van der Waals surface area contributed by atoms with Gasteiger partial charge in [-0.15, -0.1) is 0 Å². The summed E-state index contributed by atoms with van der Waals surface area (Å²) in [7, 11) is 0. The maximum absolute atomic E-state index is 8.97. The van der Waals surface area contributed by atoms with Crippen LogP contribution in [0.2, 0.25) is 0 Å². The lowest BCUT2D eigenvalue weighted by Crippen LogP contribution is -2.20. The van der Waals surface area contributed by atoms with Gasteiger partial charge in [0.05, 0.1) is 6.61 Å². The largest absolute Gasteiger partial charge is 0.493 e. The summed E-state index contributed by atoms with van der Waals surface area (Å²) in [6.07, 6.45) is 2.48. The van der Waals surface area contributed by atoms with Gasteiger partial charge in [-0.2, -0.15) is 4.98 Å². The molecule has 11 heavy (non-hydrogen) atoms. The fourth-order valence-electron chi connectivity index (χ4n) is 0.958. The van der Waals surface area contributed by atoms with Crippen molar-refractivity contribution >= 4 is 0 Å². The first-order valence-corrected chi connectivity index (χ1v) is 3.50. The third-order valence-electron chi connectivity index (χ3n) is 1.65. The van der Waals surface area contributed by atoms with Gasteiger partial charge in [0, 0.05) is 18.7 Å². The molecule has 1 N–H and O–H groups in total. The first-order valence-electron chi connectivity index (χ1n) is 3.50. The highest BCUT2D eigenvalue weighted by Gasteiger charge is 2.22. The molecular formula is C7H8N2O2. The Bertz CT molecular complexity index is 260. The number of ether oxygens (including phenoxy) is 1. The van der Waals surface area contributed by atoms with Crippen LogP contribution in [-0.2, 0) is 4.74 Å². The van der Waals surface area contributed by atoms with Gasteiger partial charge < -0.3 is 9.84 Å². The van der Waals surface area contributed by atoms with Crippen LogP contribution in [0.25, 0.3) is 0 Å². The summed E-state index contributed by atoms with van der Waals surface area (Å²) >= 11 is 0. The van der Waals surface area contributed by atoms with Gasteiger partial charge in [-0.1, -0.05) is 0 Å². The molecule has 58 valence electrons. The van der Waals surface area contributed by atoms with Crippen LogP contribution in [0.3, 0.4) is 0 Å². The van der Waals surface area contributed by atoms with Crippen LogP contribution < -0.4 is 0 Å². The Morgan fingerprint density at radius 1 is 1.64 bits per heavy atom. The first-order chi connectivity index (χ1) is 5.36. The lowest BCUT2D eigenvalue weighted by atomic mass is 10.2. The maximum Gasteiger partial charge on any atom is 0.214 e. The molecule has 0 saturated carbocycles. The first kappa shape index (κ1) is 6.54. The topological polar surface area (TPSA) is 55.2 Å². The zero-order valence-electron chi connectivity index (χ0n) is 5.90. The number of aromatic nitrogens is 2. The van der Waals surface area contributed by atoms with Crippen molar-refractivity contribution in [2.75, 3.05) is 6.61 Å². The van der Waals surface area contributed by atoms with Gasteiger partial charge in [-0.3, -0.25) is 0 Å². The van der Waals surface area contributed by atoms with Gasteiger partial charge in [-0.25, -0.2) is 4.98 Å². The van der Waals surface area contributed by atoms with Crippen LogP contribution in [0.4, 0.5) is 0 Å². The van der Waals surface area contributed by atoms with E-state index < -0.39 is 0 Å². The monoisotopic (exact) mass is 152 g/mol. The summed E-state index contributed by atoms with van der Waals surface area (Å²) in [6, 6.07) is 1.45. The molecule has 0 aliphatic carbocycles. The molecule has 2 heterocycles. The van der Waals surface area contributed by atoms with Crippen molar-refractivity contribution in [3.8, 4) is 5.88 Å². The predicted molar refractivity (Wildman–Crippen MR) is 37.0 cm³/mol. The average molecular weight is 152 g/mol. The Morgan fingerprint density at radius 2 is 2.45 bits per heavy atom. The smallest absolute Gasteiger partial charge is 0.214 e. The molecule has 0 aromatic carbocycles. The number of rotatable bonds is 1. The Morgan fingerprint density at radius 3 is 3.00 bits per heavy atom. The lowest BCUT2D eigenvalue weighted by molar-refractivity contribution is -0.0582. The van der Waals surface area contributed by atoms with Crippen LogP contribution >= 0.6 is 0 Å². The van der Waals surface area contributed by atoms with E-state index in [9.17, 15) is 0 Å². The van der Waals surface area contributed by atoms with E-state index in [1.807, 2.05) is 0 Å². The molecule has 4 nitrogen and oxygen atoms in total. The molecule has 1 saturated heterocycles. The van der Waals surface area contributed by atoms with Crippen LogP contribution in [0.15, 0.2) is 12.3 Å². The number of aromatic hydroxyl groups is 1.